The van der Waals surface area contributed by atoms with Crippen LogP contribution in [0.25, 0.3) is 0 Å². The second-order valence-electron chi connectivity index (χ2n) is 4.12. The Labute approximate surface area is 90.5 Å². The molecular formula is C12H16ClN. The van der Waals surface area contributed by atoms with Crippen LogP contribution in [0, 0.1) is 0 Å². The van der Waals surface area contributed by atoms with Crippen molar-refractivity contribution >= 4 is 11.6 Å². The zero-order valence-corrected chi connectivity index (χ0v) is 9.27. The largest absolute Gasteiger partial charge is 0.311 e. The van der Waals surface area contributed by atoms with Gasteiger partial charge in [-0.3, -0.25) is 0 Å². The Bertz CT molecular complexity index is 312. The van der Waals surface area contributed by atoms with Gasteiger partial charge >= 0.3 is 0 Å². The second kappa shape index (κ2) is 3.92. The van der Waals surface area contributed by atoms with Crippen LogP contribution in [-0.4, -0.2) is 12.1 Å². The fourth-order valence-electron chi connectivity index (χ4n) is 2.09. The lowest BCUT2D eigenvalue weighted by Crippen LogP contribution is -2.57. The maximum Gasteiger partial charge on any atom is 0.0408 e. The van der Waals surface area contributed by atoms with E-state index in [2.05, 4.69) is 24.4 Å². The quantitative estimate of drug-likeness (QED) is 0.807. The summed E-state index contributed by atoms with van der Waals surface area (Å²) in [6, 6.07) is 8.18. The zero-order chi connectivity index (χ0) is 10.0. The zero-order valence-electron chi connectivity index (χ0n) is 8.52. The predicted molar refractivity (Wildman–Crippen MR) is 60.8 cm³/mol. The molecule has 1 aromatic carbocycles. The average Bonchev–Trinajstić information content (AvgIpc) is 2.11. The van der Waals surface area contributed by atoms with Crippen molar-refractivity contribution in [3.05, 3.63) is 34.9 Å². The molecule has 1 aliphatic rings. The van der Waals surface area contributed by atoms with Crippen LogP contribution < -0.4 is 5.32 Å². The molecule has 1 nitrogen and oxygen atoms in total. The number of halogens is 1. The molecular weight excluding hydrogens is 194 g/mol. The molecule has 0 bridgehead atoms. The molecule has 1 fully saturated rings. The molecule has 0 radical (unpaired) electrons. The minimum atomic E-state index is 0.352. The van der Waals surface area contributed by atoms with Gasteiger partial charge in [0.25, 0.3) is 0 Å². The van der Waals surface area contributed by atoms with Crippen molar-refractivity contribution in [1.29, 1.82) is 0 Å². The van der Waals surface area contributed by atoms with E-state index in [1.54, 1.807) is 0 Å². The number of nitrogens with one attached hydrogen (secondary N) is 1. The first-order valence-electron chi connectivity index (χ1n) is 5.24. The van der Waals surface area contributed by atoms with E-state index in [4.69, 9.17) is 11.6 Å². The predicted octanol–water partition coefficient (Wildman–Crippen LogP) is 3.02. The van der Waals surface area contributed by atoms with E-state index in [9.17, 15) is 0 Å². The van der Waals surface area contributed by atoms with E-state index >= 15 is 0 Å². The van der Waals surface area contributed by atoms with Crippen molar-refractivity contribution in [2.75, 3.05) is 6.54 Å². The fourth-order valence-corrected chi connectivity index (χ4v) is 2.31. The molecule has 1 aliphatic heterocycles. The highest BCUT2D eigenvalue weighted by atomic mass is 35.5. The summed E-state index contributed by atoms with van der Waals surface area (Å²) < 4.78 is 0. The third-order valence-electron chi connectivity index (χ3n) is 3.21. The Hall–Kier alpha value is -0.530. The van der Waals surface area contributed by atoms with Crippen molar-refractivity contribution in [3.63, 3.8) is 0 Å². The molecule has 0 amide bonds. The summed E-state index contributed by atoms with van der Waals surface area (Å²) >= 11 is 5.96. The second-order valence-corrected chi connectivity index (χ2v) is 4.55. The van der Waals surface area contributed by atoms with Gasteiger partial charge in [0, 0.05) is 10.6 Å². The number of rotatable bonds is 3. The molecule has 1 unspecified atom stereocenters. The Morgan fingerprint density at radius 1 is 1.50 bits per heavy atom. The lowest BCUT2D eigenvalue weighted by Gasteiger charge is -2.43. The first kappa shape index (κ1) is 10.0. The van der Waals surface area contributed by atoms with Crippen LogP contribution in [0.2, 0.25) is 5.02 Å². The van der Waals surface area contributed by atoms with Gasteiger partial charge in [-0.05, 0) is 43.5 Å². The minimum absolute atomic E-state index is 0.352. The van der Waals surface area contributed by atoms with Crippen LogP contribution in [0.1, 0.15) is 25.3 Å². The van der Waals surface area contributed by atoms with Gasteiger partial charge in [-0.25, -0.2) is 0 Å². The highest BCUT2D eigenvalue weighted by Gasteiger charge is 2.34. The summed E-state index contributed by atoms with van der Waals surface area (Å²) in [5.74, 6) is 0. The maximum absolute atomic E-state index is 5.96. The molecule has 2 heteroatoms. The first-order chi connectivity index (χ1) is 6.74. The summed E-state index contributed by atoms with van der Waals surface area (Å²) in [5.41, 5.74) is 1.69. The monoisotopic (exact) mass is 209 g/mol. The molecule has 1 heterocycles. The van der Waals surface area contributed by atoms with Gasteiger partial charge in [-0.15, -0.1) is 0 Å². The summed E-state index contributed by atoms with van der Waals surface area (Å²) in [6.45, 7) is 3.41. The van der Waals surface area contributed by atoms with E-state index in [1.165, 1.54) is 18.4 Å². The van der Waals surface area contributed by atoms with Crippen LogP contribution in [0.4, 0.5) is 0 Å². The van der Waals surface area contributed by atoms with Crippen LogP contribution in [0.3, 0.4) is 0 Å². The SMILES string of the molecule is CCC1(Cc2cccc(Cl)c2)CCN1. The van der Waals surface area contributed by atoms with Gasteiger partial charge in [0.05, 0.1) is 0 Å². The summed E-state index contributed by atoms with van der Waals surface area (Å²) in [7, 11) is 0. The Morgan fingerprint density at radius 2 is 2.29 bits per heavy atom. The van der Waals surface area contributed by atoms with E-state index < -0.39 is 0 Å². The topological polar surface area (TPSA) is 12.0 Å². The molecule has 0 spiro atoms. The van der Waals surface area contributed by atoms with E-state index in [-0.39, 0.29) is 0 Å². The lowest BCUT2D eigenvalue weighted by atomic mass is 9.80. The first-order valence-corrected chi connectivity index (χ1v) is 5.61. The number of hydrogen-bond acceptors (Lipinski definition) is 1. The van der Waals surface area contributed by atoms with Gasteiger partial charge < -0.3 is 5.32 Å². The van der Waals surface area contributed by atoms with Crippen molar-refractivity contribution < 1.29 is 0 Å². The van der Waals surface area contributed by atoms with Gasteiger partial charge in [0.1, 0.15) is 0 Å². The summed E-state index contributed by atoms with van der Waals surface area (Å²) in [4.78, 5) is 0. The maximum atomic E-state index is 5.96. The van der Waals surface area contributed by atoms with Crippen molar-refractivity contribution in [2.24, 2.45) is 0 Å². The van der Waals surface area contributed by atoms with E-state index in [0.717, 1.165) is 18.0 Å². The van der Waals surface area contributed by atoms with Gasteiger partial charge in [-0.1, -0.05) is 30.7 Å². The minimum Gasteiger partial charge on any atom is -0.311 e. The molecule has 0 saturated carbocycles. The van der Waals surface area contributed by atoms with Crippen LogP contribution in [0.5, 0.6) is 0 Å². The molecule has 0 aromatic heterocycles. The van der Waals surface area contributed by atoms with E-state index in [1.807, 2.05) is 12.1 Å². The Kier molecular flexibility index (Phi) is 2.80. The van der Waals surface area contributed by atoms with Gasteiger partial charge in [0.15, 0.2) is 0 Å². The van der Waals surface area contributed by atoms with Crippen LogP contribution in [0.15, 0.2) is 24.3 Å². The van der Waals surface area contributed by atoms with E-state index in [0.29, 0.717) is 5.54 Å². The highest BCUT2D eigenvalue weighted by Crippen LogP contribution is 2.27. The average molecular weight is 210 g/mol. The molecule has 2 rings (SSSR count). The normalized spacial score (nSPS) is 25.9. The third-order valence-corrected chi connectivity index (χ3v) is 3.45. The third kappa shape index (κ3) is 1.94. The van der Waals surface area contributed by atoms with Crippen molar-refractivity contribution in [3.8, 4) is 0 Å². The van der Waals surface area contributed by atoms with Gasteiger partial charge in [0.2, 0.25) is 0 Å². The molecule has 0 aliphatic carbocycles. The molecule has 1 N–H and O–H groups in total. The highest BCUT2D eigenvalue weighted by molar-refractivity contribution is 6.30. The lowest BCUT2D eigenvalue weighted by molar-refractivity contribution is 0.198. The smallest absolute Gasteiger partial charge is 0.0408 e. The van der Waals surface area contributed by atoms with Crippen LogP contribution >= 0.6 is 11.6 Å². The van der Waals surface area contributed by atoms with Gasteiger partial charge in [-0.2, -0.15) is 0 Å². The molecule has 76 valence electrons. The molecule has 1 atom stereocenters. The molecule has 1 saturated heterocycles. The molecule has 1 aromatic rings. The Balaban J connectivity index is 2.09. The fraction of sp³-hybridized carbons (Fsp3) is 0.500. The number of hydrogen-bond donors (Lipinski definition) is 1. The van der Waals surface area contributed by atoms with Crippen molar-refractivity contribution in [1.82, 2.24) is 5.32 Å². The van der Waals surface area contributed by atoms with Crippen molar-refractivity contribution in [2.45, 2.75) is 31.7 Å². The molecule has 14 heavy (non-hydrogen) atoms. The standard InChI is InChI=1S/C12H16ClN/c1-2-12(6-7-14-12)9-10-4-3-5-11(13)8-10/h3-5,8,14H,2,6-7,9H2,1H3. The summed E-state index contributed by atoms with van der Waals surface area (Å²) in [6.07, 6.45) is 3.58. The number of benzene rings is 1. The van der Waals surface area contributed by atoms with Crippen LogP contribution in [-0.2, 0) is 6.42 Å². The Morgan fingerprint density at radius 3 is 2.79 bits per heavy atom. The summed E-state index contributed by atoms with van der Waals surface area (Å²) in [5, 5.41) is 4.37.